The van der Waals surface area contributed by atoms with E-state index in [2.05, 4.69) is 4.98 Å². The molecule has 3 N–H and O–H groups in total. The molecule has 0 saturated carbocycles. The smallest absolute Gasteiger partial charge is 0.303 e. The van der Waals surface area contributed by atoms with E-state index in [0.29, 0.717) is 43.2 Å². The molecule has 12 heteroatoms. The predicted octanol–water partition coefficient (Wildman–Crippen LogP) is 4.79. The van der Waals surface area contributed by atoms with Crippen LogP contribution in [0.15, 0.2) is 42.6 Å². The first-order valence-electron chi connectivity index (χ1n) is 13.4. The highest BCUT2D eigenvalue weighted by Gasteiger charge is 2.41. The molecule has 4 rings (SSSR count). The second-order valence-electron chi connectivity index (χ2n) is 10.8. The van der Waals surface area contributed by atoms with E-state index in [-0.39, 0.29) is 32.4 Å². The van der Waals surface area contributed by atoms with Crippen molar-refractivity contribution >= 4 is 40.5 Å². The minimum Gasteiger partial charge on any atom is -0.493 e. The molecule has 1 aliphatic heterocycles. The summed E-state index contributed by atoms with van der Waals surface area (Å²) in [5, 5.41) is 31.1. The summed E-state index contributed by atoms with van der Waals surface area (Å²) < 4.78 is 17.8. The highest BCUT2D eigenvalue weighted by atomic mass is 35.5. The summed E-state index contributed by atoms with van der Waals surface area (Å²) in [5.74, 6) is -0.419. The third kappa shape index (κ3) is 7.04. The fraction of sp³-hybridized carbons (Fsp3) is 0.433. The van der Waals surface area contributed by atoms with Crippen LogP contribution in [0.5, 0.6) is 11.5 Å². The number of halogens is 1. The summed E-state index contributed by atoms with van der Waals surface area (Å²) in [7, 11) is 3.05. The predicted molar refractivity (Wildman–Crippen MR) is 159 cm³/mol. The van der Waals surface area contributed by atoms with Gasteiger partial charge < -0.3 is 34.4 Å². The highest BCUT2D eigenvalue weighted by molar-refractivity contribution is 7.11. The average Bonchev–Trinajstić information content (AvgIpc) is 3.42. The van der Waals surface area contributed by atoms with Gasteiger partial charge >= 0.3 is 5.97 Å². The highest BCUT2D eigenvalue weighted by Crippen LogP contribution is 2.46. The molecule has 226 valence electrons. The number of aliphatic hydroxyl groups is 2. The van der Waals surface area contributed by atoms with Gasteiger partial charge in [-0.25, -0.2) is 4.98 Å². The Morgan fingerprint density at radius 2 is 1.98 bits per heavy atom. The number of nitrogens with zero attached hydrogens (tertiary/aromatic N) is 2. The zero-order chi connectivity index (χ0) is 30.6. The number of carboxylic acid groups (broad SMARTS) is 1. The van der Waals surface area contributed by atoms with Crippen LogP contribution in [0.25, 0.3) is 0 Å². The Kier molecular flexibility index (Phi) is 10.1. The lowest BCUT2D eigenvalue weighted by Gasteiger charge is -2.33. The lowest BCUT2D eigenvalue weighted by molar-refractivity contribution is -0.137. The number of carboxylic acids is 1. The molecule has 42 heavy (non-hydrogen) atoms. The molecule has 1 aliphatic rings. The zero-order valence-corrected chi connectivity index (χ0v) is 25.4. The van der Waals surface area contributed by atoms with Crippen LogP contribution in [0.1, 0.15) is 59.9 Å². The lowest BCUT2D eigenvalue weighted by Crippen LogP contribution is -2.45. The molecule has 0 bridgehead atoms. The fourth-order valence-corrected chi connectivity index (χ4v) is 5.95. The van der Waals surface area contributed by atoms with Crippen molar-refractivity contribution in [3.63, 3.8) is 0 Å². The first kappa shape index (κ1) is 31.7. The van der Waals surface area contributed by atoms with Crippen LogP contribution in [0.4, 0.5) is 5.69 Å². The van der Waals surface area contributed by atoms with Crippen molar-refractivity contribution in [2.75, 3.05) is 32.3 Å². The van der Waals surface area contributed by atoms with E-state index in [9.17, 15) is 19.8 Å². The van der Waals surface area contributed by atoms with Crippen LogP contribution < -0.4 is 14.4 Å². The van der Waals surface area contributed by atoms with Crippen molar-refractivity contribution in [1.29, 1.82) is 0 Å². The van der Waals surface area contributed by atoms with Crippen LogP contribution in [0, 0.1) is 5.41 Å². The van der Waals surface area contributed by atoms with Crippen molar-refractivity contribution in [3.05, 3.63) is 68.6 Å². The summed E-state index contributed by atoms with van der Waals surface area (Å²) in [6, 6.07) is 10.5. The van der Waals surface area contributed by atoms with Gasteiger partial charge in [-0.15, -0.1) is 11.3 Å². The molecule has 2 aromatic carbocycles. The molecule has 3 atom stereocenters. The van der Waals surface area contributed by atoms with Gasteiger partial charge in [0.25, 0.3) is 5.91 Å². The molecular weight excluding hydrogens is 584 g/mol. The number of methoxy groups -OCH3 is 2. The Labute approximate surface area is 253 Å². The normalized spacial score (nSPS) is 17.9. The summed E-state index contributed by atoms with van der Waals surface area (Å²) in [4.78, 5) is 31.8. The number of fused-ring (bicyclic) bond motifs is 1. The second kappa shape index (κ2) is 13.4. The van der Waals surface area contributed by atoms with Gasteiger partial charge in [-0.3, -0.25) is 9.59 Å². The molecule has 3 aromatic rings. The molecule has 0 saturated heterocycles. The molecule has 0 spiro atoms. The number of aromatic nitrogens is 1. The average molecular weight is 619 g/mol. The van der Waals surface area contributed by atoms with Crippen LogP contribution >= 0.6 is 22.9 Å². The van der Waals surface area contributed by atoms with E-state index >= 15 is 0 Å². The Morgan fingerprint density at radius 3 is 2.64 bits per heavy atom. The number of carbonyl (C=O) groups excluding carboxylic acids is 1. The van der Waals surface area contributed by atoms with E-state index in [1.807, 2.05) is 19.9 Å². The minimum atomic E-state index is -1.16. The molecule has 10 nitrogen and oxygen atoms in total. The molecular formula is C30H35ClN2O8S. The van der Waals surface area contributed by atoms with Crippen LogP contribution in [-0.4, -0.2) is 65.7 Å². The topological polar surface area (TPSA) is 139 Å². The van der Waals surface area contributed by atoms with Crippen molar-refractivity contribution < 1.29 is 39.1 Å². The summed E-state index contributed by atoms with van der Waals surface area (Å²) >= 11 is 7.67. The number of aryl methyl sites for hydroxylation is 1. The molecule has 2 heterocycles. The quantitative estimate of drug-likeness (QED) is 0.261. The number of rotatable bonds is 12. The Hall–Kier alpha value is -3.22. The number of hydrogen-bond donors (Lipinski definition) is 3. The molecule has 1 amide bonds. The number of amides is 1. The third-order valence-electron chi connectivity index (χ3n) is 7.01. The van der Waals surface area contributed by atoms with Gasteiger partial charge in [0.15, 0.2) is 11.5 Å². The van der Waals surface area contributed by atoms with Gasteiger partial charge in [0, 0.05) is 57.9 Å². The number of para-hydroxylation sites is 1. The maximum absolute atomic E-state index is 14.2. The third-order valence-corrected chi connectivity index (χ3v) is 8.41. The van der Waals surface area contributed by atoms with E-state index < -0.39 is 35.6 Å². The molecule has 0 radical (unpaired) electrons. The molecule has 1 aromatic heterocycles. The lowest BCUT2D eigenvalue weighted by atomic mass is 9.92. The largest absolute Gasteiger partial charge is 0.493 e. The number of aliphatic carboxylic acids is 1. The van der Waals surface area contributed by atoms with E-state index in [1.54, 1.807) is 41.4 Å². The second-order valence-corrected chi connectivity index (χ2v) is 12.4. The molecule has 3 unspecified atom stereocenters. The maximum atomic E-state index is 14.2. The number of anilines is 1. The standard InChI is InChI=1S/C30H35ClN2O8S/c1-30(2,16-34)15-33-21-10-8-17(31)12-20(21)26(19-6-5-7-23(39-3)27(19)40-4)41-24(29(33)38)13-22(35)28-32-14-18(42-28)9-11-25(36)37/h5-8,10,12,14,22,24,26,34-35H,9,11,13,15-16H2,1-4H3,(H,36,37). The van der Waals surface area contributed by atoms with Gasteiger partial charge in [-0.1, -0.05) is 37.6 Å². The van der Waals surface area contributed by atoms with Crippen molar-refractivity contribution in [2.45, 2.75) is 51.4 Å². The van der Waals surface area contributed by atoms with Crippen LogP contribution in [0.3, 0.4) is 0 Å². The number of hydrogen-bond acceptors (Lipinski definition) is 9. The van der Waals surface area contributed by atoms with Gasteiger partial charge in [0.05, 0.1) is 20.6 Å². The first-order valence-corrected chi connectivity index (χ1v) is 14.6. The SMILES string of the molecule is COc1cccc(C2OC(CC(O)c3ncc(CCC(=O)O)s3)C(=O)N(CC(C)(C)CO)c3ccc(Cl)cc32)c1OC. The number of aliphatic hydroxyl groups excluding tert-OH is 2. The number of benzene rings is 2. The number of ether oxygens (including phenoxy) is 3. The fourth-order valence-electron chi connectivity index (χ4n) is 4.85. The van der Waals surface area contributed by atoms with Crippen molar-refractivity contribution in [3.8, 4) is 11.5 Å². The van der Waals surface area contributed by atoms with E-state index in [0.717, 1.165) is 0 Å². The minimum absolute atomic E-state index is 0.0532. The molecule has 0 aliphatic carbocycles. The number of thiazole rings is 1. The van der Waals surface area contributed by atoms with Crippen LogP contribution in [0.2, 0.25) is 5.02 Å². The number of carbonyl (C=O) groups is 2. The Balaban J connectivity index is 1.80. The van der Waals surface area contributed by atoms with Crippen molar-refractivity contribution in [2.24, 2.45) is 5.41 Å². The first-order chi connectivity index (χ1) is 20.0. The molecule has 0 fully saturated rings. The van der Waals surface area contributed by atoms with Gasteiger partial charge in [0.1, 0.15) is 23.3 Å². The van der Waals surface area contributed by atoms with Crippen molar-refractivity contribution in [1.82, 2.24) is 4.98 Å². The van der Waals surface area contributed by atoms with Gasteiger partial charge in [-0.05, 0) is 30.7 Å². The van der Waals surface area contributed by atoms with Crippen LogP contribution in [-0.2, 0) is 20.7 Å². The maximum Gasteiger partial charge on any atom is 0.303 e. The van der Waals surface area contributed by atoms with Gasteiger partial charge in [0.2, 0.25) is 0 Å². The summed E-state index contributed by atoms with van der Waals surface area (Å²) in [5.41, 5.74) is 1.11. The monoisotopic (exact) mass is 618 g/mol. The Morgan fingerprint density at radius 1 is 1.21 bits per heavy atom. The summed E-state index contributed by atoms with van der Waals surface area (Å²) in [6.07, 6.45) is -1.47. The Bertz CT molecular complexity index is 1430. The summed E-state index contributed by atoms with van der Waals surface area (Å²) in [6.45, 7) is 3.70. The van der Waals surface area contributed by atoms with Gasteiger partial charge in [-0.2, -0.15) is 0 Å². The van der Waals surface area contributed by atoms with E-state index in [1.165, 1.54) is 25.6 Å². The zero-order valence-electron chi connectivity index (χ0n) is 23.9. The van der Waals surface area contributed by atoms with E-state index in [4.69, 9.17) is 30.9 Å².